The van der Waals surface area contributed by atoms with Crippen LogP contribution in [0.2, 0.25) is 0 Å². The molecule has 2 N–H and O–H groups in total. The van der Waals surface area contributed by atoms with Gasteiger partial charge in [-0.15, -0.1) is 0 Å². The molecule has 0 aliphatic rings. The highest BCUT2D eigenvalue weighted by Crippen LogP contribution is 2.14. The second-order valence-corrected chi connectivity index (χ2v) is 3.54. The van der Waals surface area contributed by atoms with Crippen molar-refractivity contribution in [3.63, 3.8) is 0 Å². The summed E-state index contributed by atoms with van der Waals surface area (Å²) in [6.45, 7) is 2.36. The maximum atomic E-state index is 11.2. The van der Waals surface area contributed by atoms with Crippen molar-refractivity contribution in [3.8, 4) is 0 Å². The van der Waals surface area contributed by atoms with Gasteiger partial charge in [-0.3, -0.25) is 15.5 Å². The molecule has 0 radical (unpaired) electrons. The first-order valence-corrected chi connectivity index (χ1v) is 5.56. The molecule has 1 aromatic rings. The van der Waals surface area contributed by atoms with Crippen LogP contribution in [0.5, 0.6) is 0 Å². The standard InChI is InChI=1S/C11H15N3O4/c1-2-3-8-18-11(15)13-12-9-4-6-10(7-5-9)14(16)17/h4-7,12H,2-3,8H2,1H3,(H,13,15). The predicted octanol–water partition coefficient (Wildman–Crippen LogP) is 2.45. The Hall–Kier alpha value is -2.31. The lowest BCUT2D eigenvalue weighted by Crippen LogP contribution is -2.30. The van der Waals surface area contributed by atoms with E-state index in [1.807, 2.05) is 6.92 Å². The van der Waals surface area contributed by atoms with Gasteiger partial charge in [0, 0.05) is 12.1 Å². The molecule has 18 heavy (non-hydrogen) atoms. The number of non-ortho nitro benzene ring substituents is 1. The van der Waals surface area contributed by atoms with Gasteiger partial charge in [0.25, 0.3) is 5.69 Å². The lowest BCUT2D eigenvalue weighted by atomic mass is 10.3. The van der Waals surface area contributed by atoms with E-state index in [1.165, 1.54) is 24.3 Å². The third-order valence-electron chi connectivity index (χ3n) is 2.12. The minimum absolute atomic E-state index is 0.00827. The number of hydrogen-bond acceptors (Lipinski definition) is 5. The molecule has 7 heteroatoms. The van der Waals surface area contributed by atoms with Crippen molar-refractivity contribution in [2.45, 2.75) is 19.8 Å². The summed E-state index contributed by atoms with van der Waals surface area (Å²) >= 11 is 0. The van der Waals surface area contributed by atoms with Gasteiger partial charge in [-0.1, -0.05) is 13.3 Å². The first-order valence-electron chi connectivity index (χ1n) is 5.56. The number of nitro benzene ring substituents is 1. The summed E-state index contributed by atoms with van der Waals surface area (Å²) in [5.74, 6) is 0. The average Bonchev–Trinajstić information content (AvgIpc) is 2.37. The summed E-state index contributed by atoms with van der Waals surface area (Å²) in [5, 5.41) is 10.4. The Morgan fingerprint density at radius 2 is 2.06 bits per heavy atom. The fourth-order valence-corrected chi connectivity index (χ4v) is 1.13. The molecule has 0 heterocycles. The molecule has 0 saturated heterocycles. The summed E-state index contributed by atoms with van der Waals surface area (Å²) in [7, 11) is 0. The van der Waals surface area contributed by atoms with Crippen LogP contribution in [0.25, 0.3) is 0 Å². The second-order valence-electron chi connectivity index (χ2n) is 3.54. The van der Waals surface area contributed by atoms with Gasteiger partial charge in [0.1, 0.15) is 0 Å². The smallest absolute Gasteiger partial charge is 0.425 e. The molecule has 7 nitrogen and oxygen atoms in total. The van der Waals surface area contributed by atoms with Gasteiger partial charge in [-0.25, -0.2) is 10.2 Å². The molecule has 0 aliphatic heterocycles. The van der Waals surface area contributed by atoms with Crippen LogP contribution in [-0.2, 0) is 4.74 Å². The van der Waals surface area contributed by atoms with E-state index in [9.17, 15) is 14.9 Å². The minimum Gasteiger partial charge on any atom is -0.448 e. The monoisotopic (exact) mass is 253 g/mol. The van der Waals surface area contributed by atoms with Crippen LogP contribution < -0.4 is 10.9 Å². The maximum Gasteiger partial charge on any atom is 0.425 e. The van der Waals surface area contributed by atoms with Crippen LogP contribution in [-0.4, -0.2) is 17.6 Å². The van der Waals surface area contributed by atoms with E-state index in [0.29, 0.717) is 12.3 Å². The lowest BCUT2D eigenvalue weighted by Gasteiger charge is -2.08. The number of carbonyl (C=O) groups is 1. The number of amides is 1. The number of unbranched alkanes of at least 4 members (excludes halogenated alkanes) is 1. The topological polar surface area (TPSA) is 93.5 Å². The van der Waals surface area contributed by atoms with E-state index in [-0.39, 0.29) is 5.69 Å². The van der Waals surface area contributed by atoms with E-state index in [1.54, 1.807) is 0 Å². The molecule has 0 aromatic heterocycles. The molecular weight excluding hydrogens is 238 g/mol. The molecule has 0 bridgehead atoms. The van der Waals surface area contributed by atoms with Crippen molar-refractivity contribution in [3.05, 3.63) is 34.4 Å². The first-order chi connectivity index (χ1) is 8.63. The largest absolute Gasteiger partial charge is 0.448 e. The van der Waals surface area contributed by atoms with E-state index < -0.39 is 11.0 Å². The molecule has 1 aromatic carbocycles. The predicted molar refractivity (Wildman–Crippen MR) is 66.1 cm³/mol. The molecule has 0 saturated carbocycles. The maximum absolute atomic E-state index is 11.2. The van der Waals surface area contributed by atoms with Crippen molar-refractivity contribution >= 4 is 17.5 Å². The Morgan fingerprint density at radius 3 is 2.61 bits per heavy atom. The van der Waals surface area contributed by atoms with Crippen LogP contribution in [0.3, 0.4) is 0 Å². The number of anilines is 1. The van der Waals surface area contributed by atoms with Crippen molar-refractivity contribution < 1.29 is 14.5 Å². The van der Waals surface area contributed by atoms with Crippen molar-refractivity contribution in [1.29, 1.82) is 0 Å². The number of nitrogens with zero attached hydrogens (tertiary/aromatic N) is 1. The normalized spacial score (nSPS) is 9.61. The fourth-order valence-electron chi connectivity index (χ4n) is 1.13. The zero-order chi connectivity index (χ0) is 13.4. The number of nitrogens with one attached hydrogen (secondary N) is 2. The quantitative estimate of drug-likeness (QED) is 0.461. The third kappa shape index (κ3) is 4.69. The Labute approximate surface area is 104 Å². The fraction of sp³-hybridized carbons (Fsp3) is 0.364. The van der Waals surface area contributed by atoms with Crippen LogP contribution in [0, 0.1) is 10.1 Å². The van der Waals surface area contributed by atoms with Gasteiger partial charge in [0.2, 0.25) is 0 Å². The zero-order valence-electron chi connectivity index (χ0n) is 10.0. The van der Waals surface area contributed by atoms with Gasteiger partial charge >= 0.3 is 6.09 Å². The van der Waals surface area contributed by atoms with Gasteiger partial charge in [0.05, 0.1) is 17.2 Å². The molecule has 0 aliphatic carbocycles. The molecule has 0 spiro atoms. The number of hydrazine groups is 1. The molecule has 1 amide bonds. The highest BCUT2D eigenvalue weighted by Gasteiger charge is 2.04. The lowest BCUT2D eigenvalue weighted by molar-refractivity contribution is -0.384. The highest BCUT2D eigenvalue weighted by atomic mass is 16.6. The molecule has 0 unspecified atom stereocenters. The van der Waals surface area contributed by atoms with Gasteiger partial charge in [-0.2, -0.15) is 0 Å². The van der Waals surface area contributed by atoms with Gasteiger partial charge < -0.3 is 4.74 Å². The summed E-state index contributed by atoms with van der Waals surface area (Å²) in [4.78, 5) is 21.1. The molecule has 0 fully saturated rings. The van der Waals surface area contributed by atoms with Gasteiger partial charge in [-0.05, 0) is 18.6 Å². The van der Waals surface area contributed by atoms with Crippen molar-refractivity contribution in [1.82, 2.24) is 5.43 Å². The van der Waals surface area contributed by atoms with Crippen molar-refractivity contribution in [2.24, 2.45) is 0 Å². The van der Waals surface area contributed by atoms with E-state index in [4.69, 9.17) is 4.74 Å². The second kappa shape index (κ2) is 7.10. The van der Waals surface area contributed by atoms with Gasteiger partial charge in [0.15, 0.2) is 0 Å². The Kier molecular flexibility index (Phi) is 5.43. The first kappa shape index (κ1) is 13.8. The van der Waals surface area contributed by atoms with Crippen LogP contribution >= 0.6 is 0 Å². The summed E-state index contributed by atoms with van der Waals surface area (Å²) in [5.41, 5.74) is 5.44. The Bertz CT molecular complexity index is 405. The summed E-state index contributed by atoms with van der Waals surface area (Å²) in [6, 6.07) is 5.66. The van der Waals surface area contributed by atoms with E-state index >= 15 is 0 Å². The number of rotatable bonds is 6. The number of hydrogen-bond donors (Lipinski definition) is 2. The van der Waals surface area contributed by atoms with E-state index in [0.717, 1.165) is 12.8 Å². The molecule has 0 atom stereocenters. The number of carbonyl (C=O) groups excluding carboxylic acids is 1. The Morgan fingerprint density at radius 1 is 1.39 bits per heavy atom. The summed E-state index contributed by atoms with van der Waals surface area (Å²) in [6.07, 6.45) is 1.18. The minimum atomic E-state index is -0.582. The van der Waals surface area contributed by atoms with Crippen molar-refractivity contribution in [2.75, 3.05) is 12.0 Å². The van der Waals surface area contributed by atoms with E-state index in [2.05, 4.69) is 10.9 Å². The third-order valence-corrected chi connectivity index (χ3v) is 2.12. The molecular formula is C11H15N3O4. The highest BCUT2D eigenvalue weighted by molar-refractivity contribution is 5.69. The summed E-state index contributed by atoms with van der Waals surface area (Å²) < 4.78 is 4.85. The number of ether oxygens (including phenoxy) is 1. The average molecular weight is 253 g/mol. The van der Waals surface area contributed by atoms with Crippen LogP contribution in [0.4, 0.5) is 16.2 Å². The van der Waals surface area contributed by atoms with Crippen LogP contribution in [0.15, 0.2) is 24.3 Å². The number of benzene rings is 1. The Balaban J connectivity index is 2.34. The molecule has 98 valence electrons. The molecule has 1 rings (SSSR count). The van der Waals surface area contributed by atoms with Crippen LogP contribution in [0.1, 0.15) is 19.8 Å². The SMILES string of the molecule is CCCCOC(=O)NNc1ccc([N+](=O)[O-])cc1. The number of nitro groups is 1. The zero-order valence-corrected chi connectivity index (χ0v) is 10.0.